The van der Waals surface area contributed by atoms with Crippen molar-refractivity contribution in [3.63, 3.8) is 0 Å². The molecule has 2 N–H and O–H groups in total. The monoisotopic (exact) mass is 354 g/mol. The maximum absolute atomic E-state index is 12.5. The van der Waals surface area contributed by atoms with Crippen molar-refractivity contribution in [2.24, 2.45) is 0 Å². The summed E-state index contributed by atoms with van der Waals surface area (Å²) in [5, 5.41) is 12.8. The predicted molar refractivity (Wildman–Crippen MR) is 107 cm³/mol. The Hall–Kier alpha value is -2.33. The quantitative estimate of drug-likeness (QED) is 0.834. The Balaban J connectivity index is 2.09. The minimum atomic E-state index is -0.0425. The van der Waals surface area contributed by atoms with Crippen molar-refractivity contribution in [2.75, 3.05) is 20.6 Å². The highest BCUT2D eigenvalue weighted by Crippen LogP contribution is 2.22. The van der Waals surface area contributed by atoms with E-state index in [2.05, 4.69) is 10.2 Å². The van der Waals surface area contributed by atoms with Gasteiger partial charge in [-0.05, 0) is 100 Å². The van der Waals surface area contributed by atoms with Crippen molar-refractivity contribution in [1.82, 2.24) is 10.2 Å². The molecular weight excluding hydrogens is 324 g/mol. The standard InChI is InChI=1S/C22H30N2O2/c1-14-7-8-18(9-15(14)2)22(26)23-13-19(24(5)6)12-21-16(3)10-20(25)11-17(21)4/h7-11,19,25H,12-13H2,1-6H3,(H,23,26)/t19-/m0/s1. The fraction of sp³-hybridized carbons (Fsp3) is 0.409. The van der Waals surface area contributed by atoms with Crippen LogP contribution in [0, 0.1) is 27.7 Å². The zero-order chi connectivity index (χ0) is 19.4. The largest absolute Gasteiger partial charge is 0.508 e. The SMILES string of the molecule is Cc1ccc(C(=O)NC[C@H](Cc2c(C)cc(O)cc2C)N(C)C)cc1C. The van der Waals surface area contributed by atoms with E-state index in [0.29, 0.717) is 17.9 Å². The molecule has 0 fully saturated rings. The van der Waals surface area contributed by atoms with Crippen LogP contribution < -0.4 is 5.32 Å². The van der Waals surface area contributed by atoms with Crippen LogP contribution in [0.2, 0.25) is 0 Å². The van der Waals surface area contributed by atoms with E-state index in [4.69, 9.17) is 0 Å². The lowest BCUT2D eigenvalue weighted by molar-refractivity contribution is 0.0941. The zero-order valence-corrected chi connectivity index (χ0v) is 16.7. The van der Waals surface area contributed by atoms with Gasteiger partial charge in [-0.2, -0.15) is 0 Å². The highest BCUT2D eigenvalue weighted by atomic mass is 16.3. The Bertz CT molecular complexity index is 774. The Labute approximate surface area is 156 Å². The third kappa shape index (κ3) is 4.85. The summed E-state index contributed by atoms with van der Waals surface area (Å²) in [5.74, 6) is 0.257. The van der Waals surface area contributed by atoms with Crippen LogP contribution in [0.25, 0.3) is 0 Å². The van der Waals surface area contributed by atoms with E-state index >= 15 is 0 Å². The zero-order valence-electron chi connectivity index (χ0n) is 16.7. The Kier molecular flexibility index (Phi) is 6.43. The molecular formula is C22H30N2O2. The van der Waals surface area contributed by atoms with E-state index < -0.39 is 0 Å². The summed E-state index contributed by atoms with van der Waals surface area (Å²) in [6, 6.07) is 9.55. The van der Waals surface area contributed by atoms with Gasteiger partial charge < -0.3 is 15.3 Å². The van der Waals surface area contributed by atoms with Crippen molar-refractivity contribution in [2.45, 2.75) is 40.2 Å². The molecule has 0 spiro atoms. The third-order valence-corrected chi connectivity index (χ3v) is 5.12. The number of phenolic OH excluding ortho intramolecular Hbond substituents is 1. The van der Waals surface area contributed by atoms with Crippen LogP contribution in [-0.2, 0) is 6.42 Å². The first-order chi connectivity index (χ1) is 12.2. The van der Waals surface area contributed by atoms with Crippen LogP contribution in [0.1, 0.15) is 38.2 Å². The van der Waals surface area contributed by atoms with Crippen LogP contribution in [0.3, 0.4) is 0 Å². The van der Waals surface area contributed by atoms with Crippen LogP contribution in [-0.4, -0.2) is 42.6 Å². The lowest BCUT2D eigenvalue weighted by Gasteiger charge is -2.26. The van der Waals surface area contributed by atoms with Gasteiger partial charge in [0, 0.05) is 18.2 Å². The van der Waals surface area contributed by atoms with E-state index in [0.717, 1.165) is 23.1 Å². The molecule has 0 aromatic heterocycles. The molecule has 2 rings (SSSR count). The van der Waals surface area contributed by atoms with Gasteiger partial charge in [0.25, 0.3) is 5.91 Å². The molecule has 2 aromatic rings. The molecule has 0 aliphatic rings. The number of amides is 1. The maximum atomic E-state index is 12.5. The molecule has 0 aliphatic carbocycles. The summed E-state index contributed by atoms with van der Waals surface area (Å²) >= 11 is 0. The van der Waals surface area contributed by atoms with Gasteiger partial charge in [0.2, 0.25) is 0 Å². The molecule has 1 amide bonds. The number of nitrogens with zero attached hydrogens (tertiary/aromatic N) is 1. The van der Waals surface area contributed by atoms with E-state index in [-0.39, 0.29) is 11.9 Å². The fourth-order valence-corrected chi connectivity index (χ4v) is 3.16. The van der Waals surface area contributed by atoms with Crippen molar-refractivity contribution in [3.05, 3.63) is 63.7 Å². The summed E-state index contributed by atoms with van der Waals surface area (Å²) in [7, 11) is 4.05. The number of carbonyl (C=O) groups excluding carboxylic acids is 1. The number of carbonyl (C=O) groups is 1. The van der Waals surface area contributed by atoms with Gasteiger partial charge in [0.1, 0.15) is 5.75 Å². The molecule has 26 heavy (non-hydrogen) atoms. The van der Waals surface area contributed by atoms with Crippen LogP contribution in [0.4, 0.5) is 0 Å². The van der Waals surface area contributed by atoms with Gasteiger partial charge in [0.05, 0.1) is 0 Å². The minimum Gasteiger partial charge on any atom is -0.508 e. The highest BCUT2D eigenvalue weighted by molar-refractivity contribution is 5.94. The number of nitrogens with one attached hydrogen (secondary N) is 1. The Morgan fingerprint density at radius 1 is 1.00 bits per heavy atom. The molecule has 1 atom stereocenters. The van der Waals surface area contributed by atoms with E-state index in [1.54, 1.807) is 12.1 Å². The molecule has 0 bridgehead atoms. The highest BCUT2D eigenvalue weighted by Gasteiger charge is 2.17. The minimum absolute atomic E-state index is 0.0425. The van der Waals surface area contributed by atoms with Gasteiger partial charge in [-0.15, -0.1) is 0 Å². The summed E-state index contributed by atoms with van der Waals surface area (Å²) in [4.78, 5) is 14.6. The molecule has 0 unspecified atom stereocenters. The average molecular weight is 354 g/mol. The molecule has 0 aliphatic heterocycles. The van der Waals surface area contributed by atoms with Crippen molar-refractivity contribution in [1.29, 1.82) is 0 Å². The van der Waals surface area contributed by atoms with Gasteiger partial charge in [0.15, 0.2) is 0 Å². The van der Waals surface area contributed by atoms with Crippen LogP contribution in [0.5, 0.6) is 5.75 Å². The number of hydrogen-bond donors (Lipinski definition) is 2. The first-order valence-electron chi connectivity index (χ1n) is 9.00. The summed E-state index contributed by atoms with van der Waals surface area (Å²) in [5.41, 5.74) is 6.39. The molecule has 0 saturated carbocycles. The molecule has 0 radical (unpaired) electrons. The number of aryl methyl sites for hydroxylation is 4. The number of aromatic hydroxyl groups is 1. The van der Waals surface area contributed by atoms with Gasteiger partial charge in [-0.1, -0.05) is 6.07 Å². The van der Waals surface area contributed by atoms with E-state index in [1.165, 1.54) is 11.1 Å². The summed E-state index contributed by atoms with van der Waals surface area (Å²) in [6.07, 6.45) is 0.818. The van der Waals surface area contributed by atoms with Crippen LogP contribution in [0.15, 0.2) is 30.3 Å². The molecule has 0 heterocycles. The number of hydrogen-bond acceptors (Lipinski definition) is 3. The predicted octanol–water partition coefficient (Wildman–Crippen LogP) is 3.53. The first-order valence-corrected chi connectivity index (χ1v) is 9.00. The average Bonchev–Trinajstić information content (AvgIpc) is 2.55. The maximum Gasteiger partial charge on any atom is 0.251 e. The summed E-state index contributed by atoms with van der Waals surface area (Å²) < 4.78 is 0. The third-order valence-electron chi connectivity index (χ3n) is 5.12. The lowest BCUT2D eigenvalue weighted by Crippen LogP contribution is -2.41. The first kappa shape index (κ1) is 20.0. The smallest absolute Gasteiger partial charge is 0.251 e. The normalized spacial score (nSPS) is 12.3. The second-order valence-corrected chi connectivity index (χ2v) is 7.39. The Morgan fingerprint density at radius 3 is 2.15 bits per heavy atom. The number of phenols is 1. The number of rotatable bonds is 6. The van der Waals surface area contributed by atoms with Gasteiger partial charge in [-0.25, -0.2) is 0 Å². The topological polar surface area (TPSA) is 52.6 Å². The molecule has 4 heteroatoms. The van der Waals surface area contributed by atoms with Gasteiger partial charge in [-0.3, -0.25) is 4.79 Å². The van der Waals surface area contributed by atoms with E-state index in [1.807, 2.05) is 60.0 Å². The molecule has 4 nitrogen and oxygen atoms in total. The summed E-state index contributed by atoms with van der Waals surface area (Å²) in [6.45, 7) is 8.66. The van der Waals surface area contributed by atoms with Crippen molar-refractivity contribution < 1.29 is 9.90 Å². The number of likely N-dealkylation sites (N-methyl/N-ethyl adjacent to an activating group) is 1. The molecule has 140 valence electrons. The molecule has 0 saturated heterocycles. The van der Waals surface area contributed by atoms with Crippen molar-refractivity contribution >= 4 is 5.91 Å². The van der Waals surface area contributed by atoms with E-state index in [9.17, 15) is 9.90 Å². The van der Waals surface area contributed by atoms with Crippen LogP contribution >= 0.6 is 0 Å². The lowest BCUT2D eigenvalue weighted by atomic mass is 9.95. The fourth-order valence-electron chi connectivity index (χ4n) is 3.16. The second kappa shape index (κ2) is 8.37. The van der Waals surface area contributed by atoms with Crippen molar-refractivity contribution in [3.8, 4) is 5.75 Å². The number of benzene rings is 2. The second-order valence-electron chi connectivity index (χ2n) is 7.39. The Morgan fingerprint density at radius 2 is 1.62 bits per heavy atom. The van der Waals surface area contributed by atoms with Gasteiger partial charge >= 0.3 is 0 Å². The molecule has 2 aromatic carbocycles.